The molecule has 0 aliphatic carbocycles. The Morgan fingerprint density at radius 2 is 1.71 bits per heavy atom. The van der Waals surface area contributed by atoms with Gasteiger partial charge < -0.3 is 9.47 Å². The van der Waals surface area contributed by atoms with Gasteiger partial charge in [0.1, 0.15) is 5.75 Å². The van der Waals surface area contributed by atoms with Crippen molar-refractivity contribution >= 4 is 22.6 Å². The van der Waals surface area contributed by atoms with Crippen LogP contribution in [0.1, 0.15) is 23.7 Å². The molecular formula is C18H21IO2. The first kappa shape index (κ1) is 16.3. The third kappa shape index (κ3) is 5.00. The highest BCUT2D eigenvalue weighted by molar-refractivity contribution is 14.1. The first-order valence-corrected chi connectivity index (χ1v) is 8.72. The zero-order chi connectivity index (χ0) is 14.9. The lowest BCUT2D eigenvalue weighted by atomic mass is 10.1. The van der Waals surface area contributed by atoms with Gasteiger partial charge in [-0.25, -0.2) is 0 Å². The van der Waals surface area contributed by atoms with Crippen molar-refractivity contribution in [2.24, 2.45) is 0 Å². The smallest absolute Gasteiger partial charge is 0.124 e. The molecule has 0 aromatic heterocycles. The summed E-state index contributed by atoms with van der Waals surface area (Å²) in [6, 6.07) is 18.6. The van der Waals surface area contributed by atoms with Crippen LogP contribution in [0.15, 0.2) is 54.6 Å². The van der Waals surface area contributed by atoms with E-state index >= 15 is 0 Å². The molecule has 0 fully saturated rings. The van der Waals surface area contributed by atoms with Crippen molar-refractivity contribution in [2.75, 3.05) is 18.1 Å². The molecule has 0 bridgehead atoms. The van der Waals surface area contributed by atoms with E-state index in [4.69, 9.17) is 9.47 Å². The number of alkyl halides is 1. The Kier molecular flexibility index (Phi) is 7.03. The van der Waals surface area contributed by atoms with Crippen molar-refractivity contribution in [1.82, 2.24) is 0 Å². The predicted molar refractivity (Wildman–Crippen MR) is 95.3 cm³/mol. The Labute approximate surface area is 140 Å². The molecule has 1 atom stereocenters. The fourth-order valence-corrected chi connectivity index (χ4v) is 3.03. The first-order chi connectivity index (χ1) is 10.3. The molecule has 2 aromatic rings. The number of benzene rings is 2. The molecular weight excluding hydrogens is 375 g/mol. The number of para-hydroxylation sites is 1. The first-order valence-electron chi connectivity index (χ1n) is 7.19. The van der Waals surface area contributed by atoms with Gasteiger partial charge in [-0.05, 0) is 24.5 Å². The zero-order valence-corrected chi connectivity index (χ0v) is 14.5. The number of hydrogen-bond acceptors (Lipinski definition) is 2. The fourth-order valence-electron chi connectivity index (χ4n) is 2.30. The topological polar surface area (TPSA) is 18.5 Å². The summed E-state index contributed by atoms with van der Waals surface area (Å²) < 4.78 is 12.4. The van der Waals surface area contributed by atoms with Crippen LogP contribution in [0, 0.1) is 0 Å². The summed E-state index contributed by atoms with van der Waals surface area (Å²) >= 11 is 2.37. The van der Waals surface area contributed by atoms with Crippen LogP contribution in [-0.2, 0) is 11.2 Å². The summed E-state index contributed by atoms with van der Waals surface area (Å²) in [5, 5.41) is 0. The molecule has 21 heavy (non-hydrogen) atoms. The normalized spacial score (nSPS) is 12.1. The Balaban J connectivity index is 1.85. The maximum absolute atomic E-state index is 6.05. The number of hydrogen-bond donors (Lipinski definition) is 0. The number of halogens is 1. The zero-order valence-electron chi connectivity index (χ0n) is 12.3. The third-order valence-electron chi connectivity index (χ3n) is 3.40. The van der Waals surface area contributed by atoms with E-state index in [0.717, 1.165) is 35.2 Å². The van der Waals surface area contributed by atoms with Crippen LogP contribution in [0.5, 0.6) is 5.75 Å². The molecule has 0 aliphatic rings. The molecule has 2 aromatic carbocycles. The predicted octanol–water partition coefficient (Wildman–Crippen LogP) is 4.82. The summed E-state index contributed by atoms with van der Waals surface area (Å²) in [5.74, 6) is 0.905. The summed E-state index contributed by atoms with van der Waals surface area (Å²) in [5.41, 5.74) is 2.50. The molecule has 0 N–H and O–H groups in total. The van der Waals surface area contributed by atoms with Crippen LogP contribution in [0.25, 0.3) is 0 Å². The second-order valence-corrected chi connectivity index (χ2v) is 5.73. The number of aryl methyl sites for hydroxylation is 1. The SMILES string of the molecule is COc1ccccc1C(CI)OCCCc1ccccc1. The van der Waals surface area contributed by atoms with Crippen molar-refractivity contribution in [3.8, 4) is 5.75 Å². The van der Waals surface area contributed by atoms with E-state index in [1.807, 2.05) is 24.3 Å². The van der Waals surface area contributed by atoms with E-state index in [2.05, 4.69) is 52.9 Å². The van der Waals surface area contributed by atoms with Crippen LogP contribution in [0.2, 0.25) is 0 Å². The van der Waals surface area contributed by atoms with E-state index in [9.17, 15) is 0 Å². The quantitative estimate of drug-likeness (QED) is 0.362. The van der Waals surface area contributed by atoms with E-state index in [1.165, 1.54) is 5.56 Å². The standard InChI is InChI=1S/C18H21IO2/c1-20-17-12-6-5-11-16(17)18(14-19)21-13-7-10-15-8-3-2-4-9-15/h2-6,8-9,11-12,18H,7,10,13-14H2,1H3. The second kappa shape index (κ2) is 9.05. The van der Waals surface area contributed by atoms with E-state index in [0.29, 0.717) is 0 Å². The van der Waals surface area contributed by atoms with Gasteiger partial charge in [-0.15, -0.1) is 0 Å². The summed E-state index contributed by atoms with van der Waals surface area (Å²) in [6.45, 7) is 0.764. The largest absolute Gasteiger partial charge is 0.496 e. The van der Waals surface area contributed by atoms with Gasteiger partial charge in [-0.3, -0.25) is 0 Å². The molecule has 0 amide bonds. The maximum atomic E-state index is 6.05. The second-order valence-electron chi connectivity index (χ2n) is 4.84. The van der Waals surface area contributed by atoms with Crippen LogP contribution in [0.3, 0.4) is 0 Å². The number of ether oxygens (including phenoxy) is 2. The summed E-state index contributed by atoms with van der Waals surface area (Å²) in [7, 11) is 1.71. The molecule has 0 saturated heterocycles. The molecule has 2 rings (SSSR count). The van der Waals surface area contributed by atoms with Crippen LogP contribution in [-0.4, -0.2) is 18.1 Å². The van der Waals surface area contributed by atoms with Gasteiger partial charge in [0.15, 0.2) is 0 Å². The van der Waals surface area contributed by atoms with E-state index in [-0.39, 0.29) is 6.10 Å². The van der Waals surface area contributed by atoms with E-state index in [1.54, 1.807) is 7.11 Å². The van der Waals surface area contributed by atoms with Crippen molar-refractivity contribution in [3.63, 3.8) is 0 Å². The molecule has 2 nitrogen and oxygen atoms in total. The minimum atomic E-state index is 0.0949. The average Bonchev–Trinajstić information content (AvgIpc) is 2.56. The Bertz CT molecular complexity index is 528. The number of rotatable bonds is 8. The van der Waals surface area contributed by atoms with Crippen molar-refractivity contribution in [2.45, 2.75) is 18.9 Å². The molecule has 112 valence electrons. The highest BCUT2D eigenvalue weighted by Gasteiger charge is 2.14. The van der Waals surface area contributed by atoms with Gasteiger partial charge in [-0.2, -0.15) is 0 Å². The molecule has 0 saturated carbocycles. The van der Waals surface area contributed by atoms with Crippen LogP contribution >= 0.6 is 22.6 Å². The molecule has 1 unspecified atom stereocenters. The van der Waals surface area contributed by atoms with Crippen molar-refractivity contribution in [3.05, 3.63) is 65.7 Å². The molecule has 3 heteroatoms. The molecule has 0 spiro atoms. The van der Waals surface area contributed by atoms with Gasteiger partial charge in [0.2, 0.25) is 0 Å². The van der Waals surface area contributed by atoms with Gasteiger partial charge in [-0.1, -0.05) is 71.1 Å². The highest BCUT2D eigenvalue weighted by Crippen LogP contribution is 2.29. The van der Waals surface area contributed by atoms with E-state index < -0.39 is 0 Å². The molecule has 0 heterocycles. The van der Waals surface area contributed by atoms with Crippen molar-refractivity contribution < 1.29 is 9.47 Å². The van der Waals surface area contributed by atoms with Gasteiger partial charge >= 0.3 is 0 Å². The lowest BCUT2D eigenvalue weighted by molar-refractivity contribution is 0.0676. The Hall–Kier alpha value is -1.07. The highest BCUT2D eigenvalue weighted by atomic mass is 127. The van der Waals surface area contributed by atoms with Gasteiger partial charge in [0, 0.05) is 16.6 Å². The Morgan fingerprint density at radius 1 is 1.00 bits per heavy atom. The Morgan fingerprint density at radius 3 is 2.43 bits per heavy atom. The number of methoxy groups -OCH3 is 1. The molecule has 0 radical (unpaired) electrons. The minimum absolute atomic E-state index is 0.0949. The molecule has 0 aliphatic heterocycles. The van der Waals surface area contributed by atoms with Crippen LogP contribution in [0.4, 0.5) is 0 Å². The fraction of sp³-hybridized carbons (Fsp3) is 0.333. The lowest BCUT2D eigenvalue weighted by Gasteiger charge is -2.18. The summed E-state index contributed by atoms with van der Waals surface area (Å²) in [4.78, 5) is 0. The summed E-state index contributed by atoms with van der Waals surface area (Å²) in [6.07, 6.45) is 2.19. The monoisotopic (exact) mass is 396 g/mol. The van der Waals surface area contributed by atoms with Gasteiger partial charge in [0.25, 0.3) is 0 Å². The average molecular weight is 396 g/mol. The van der Waals surface area contributed by atoms with Crippen LogP contribution < -0.4 is 4.74 Å². The van der Waals surface area contributed by atoms with Gasteiger partial charge in [0.05, 0.1) is 13.2 Å². The maximum Gasteiger partial charge on any atom is 0.124 e. The van der Waals surface area contributed by atoms with Crippen molar-refractivity contribution in [1.29, 1.82) is 0 Å². The lowest BCUT2D eigenvalue weighted by Crippen LogP contribution is -2.09. The minimum Gasteiger partial charge on any atom is -0.496 e. The third-order valence-corrected chi connectivity index (χ3v) is 4.20.